The van der Waals surface area contributed by atoms with Gasteiger partial charge in [0.1, 0.15) is 0 Å². The number of fused-ring (bicyclic) bond motifs is 6. The molecule has 2 heteroatoms. The maximum Gasteiger partial charge on any atom is 0.0875 e. The summed E-state index contributed by atoms with van der Waals surface area (Å²) in [5.74, 6) is 3.10. The quantitative estimate of drug-likeness (QED) is 0.821. The third kappa shape index (κ3) is 1.32. The highest BCUT2D eigenvalue weighted by atomic mass is 16.3. The normalized spacial score (nSPS) is 48.5. The number of benzene rings is 1. The van der Waals surface area contributed by atoms with Crippen molar-refractivity contribution in [1.29, 1.82) is 0 Å². The van der Waals surface area contributed by atoms with E-state index in [0.29, 0.717) is 5.92 Å². The fourth-order valence-electron chi connectivity index (χ4n) is 6.24. The molecule has 0 radical (unpaired) electrons. The second-order valence-electron chi connectivity index (χ2n) is 7.57. The highest BCUT2D eigenvalue weighted by Gasteiger charge is 2.63. The Balaban J connectivity index is 1.53. The second-order valence-corrected chi connectivity index (χ2v) is 7.57. The molecule has 0 amide bonds. The molecule has 2 nitrogen and oxygen atoms in total. The van der Waals surface area contributed by atoms with E-state index in [1.807, 2.05) is 0 Å². The van der Waals surface area contributed by atoms with Crippen LogP contribution in [0.1, 0.15) is 49.3 Å². The topological polar surface area (TPSA) is 32.3 Å². The zero-order valence-electron chi connectivity index (χ0n) is 11.9. The van der Waals surface area contributed by atoms with E-state index in [4.69, 9.17) is 0 Å². The molecule has 3 fully saturated rings. The maximum absolute atomic E-state index is 11.5. The molecule has 2 N–H and O–H groups in total. The Hall–Kier alpha value is -0.860. The van der Waals surface area contributed by atoms with Crippen molar-refractivity contribution in [2.24, 2.45) is 23.7 Å². The molecule has 20 heavy (non-hydrogen) atoms. The largest absolute Gasteiger partial charge is 0.388 e. The number of hydrogen-bond donors (Lipinski definition) is 2. The lowest BCUT2D eigenvalue weighted by Gasteiger charge is -2.43. The molecular formula is C18H23NO. The monoisotopic (exact) mass is 269 g/mol. The Kier molecular flexibility index (Phi) is 2.27. The zero-order chi connectivity index (χ0) is 13.3. The van der Waals surface area contributed by atoms with Gasteiger partial charge in [-0.05, 0) is 60.5 Å². The summed E-state index contributed by atoms with van der Waals surface area (Å²) in [4.78, 5) is 0. The molecule has 0 saturated heterocycles. The first-order valence-electron chi connectivity index (χ1n) is 8.31. The van der Waals surface area contributed by atoms with Crippen molar-refractivity contribution in [1.82, 2.24) is 5.32 Å². The summed E-state index contributed by atoms with van der Waals surface area (Å²) < 4.78 is 0. The van der Waals surface area contributed by atoms with Gasteiger partial charge in [-0.1, -0.05) is 30.7 Å². The van der Waals surface area contributed by atoms with E-state index < -0.39 is 5.60 Å². The molecule has 1 aromatic rings. The minimum Gasteiger partial charge on any atom is -0.388 e. The first-order valence-corrected chi connectivity index (χ1v) is 8.31. The summed E-state index contributed by atoms with van der Waals surface area (Å²) in [5, 5.41) is 15.1. The van der Waals surface area contributed by atoms with Crippen LogP contribution in [0.3, 0.4) is 0 Å². The Morgan fingerprint density at radius 2 is 2.00 bits per heavy atom. The fraction of sp³-hybridized carbons (Fsp3) is 0.667. The maximum atomic E-state index is 11.5. The summed E-state index contributed by atoms with van der Waals surface area (Å²) in [6.45, 7) is 0.925. The minimum absolute atomic E-state index is 0.176. The van der Waals surface area contributed by atoms with Gasteiger partial charge >= 0.3 is 0 Å². The molecule has 6 atom stereocenters. The average molecular weight is 269 g/mol. The van der Waals surface area contributed by atoms with Gasteiger partial charge in [-0.25, -0.2) is 0 Å². The number of hydrogen-bond acceptors (Lipinski definition) is 2. The third-order valence-corrected chi connectivity index (χ3v) is 6.90. The van der Waals surface area contributed by atoms with Gasteiger partial charge in [-0.3, -0.25) is 0 Å². The van der Waals surface area contributed by atoms with Crippen LogP contribution in [0, 0.1) is 23.7 Å². The van der Waals surface area contributed by atoms with Gasteiger partial charge < -0.3 is 10.4 Å². The Morgan fingerprint density at radius 3 is 2.95 bits per heavy atom. The van der Waals surface area contributed by atoms with Crippen LogP contribution in [0.5, 0.6) is 0 Å². The highest BCUT2D eigenvalue weighted by Crippen LogP contribution is 2.65. The lowest BCUT2D eigenvalue weighted by molar-refractivity contribution is -0.0729. The summed E-state index contributed by atoms with van der Waals surface area (Å²) in [7, 11) is 0. The van der Waals surface area contributed by atoms with Crippen molar-refractivity contribution >= 4 is 0 Å². The van der Waals surface area contributed by atoms with Crippen molar-refractivity contribution in [2.75, 3.05) is 0 Å². The van der Waals surface area contributed by atoms with Gasteiger partial charge in [-0.2, -0.15) is 0 Å². The van der Waals surface area contributed by atoms with Gasteiger partial charge in [-0.15, -0.1) is 0 Å². The van der Waals surface area contributed by atoms with E-state index in [2.05, 4.69) is 29.6 Å². The summed E-state index contributed by atoms with van der Waals surface area (Å²) in [6, 6.07) is 8.83. The van der Waals surface area contributed by atoms with Gasteiger partial charge in [0, 0.05) is 6.54 Å². The van der Waals surface area contributed by atoms with E-state index in [1.54, 1.807) is 0 Å². The third-order valence-electron chi connectivity index (χ3n) is 6.90. The Bertz CT molecular complexity index is 556. The molecule has 4 aliphatic rings. The van der Waals surface area contributed by atoms with Crippen LogP contribution >= 0.6 is 0 Å². The smallest absolute Gasteiger partial charge is 0.0875 e. The molecule has 3 saturated carbocycles. The van der Waals surface area contributed by atoms with Gasteiger partial charge in [0.05, 0.1) is 11.6 Å². The van der Waals surface area contributed by atoms with Crippen molar-refractivity contribution in [3.63, 3.8) is 0 Å². The molecule has 5 rings (SSSR count). The molecule has 0 aromatic heterocycles. The summed E-state index contributed by atoms with van der Waals surface area (Å²) in [6.07, 6.45) is 6.50. The van der Waals surface area contributed by atoms with Crippen molar-refractivity contribution in [3.05, 3.63) is 35.4 Å². The van der Waals surface area contributed by atoms with Crippen LogP contribution in [-0.4, -0.2) is 10.7 Å². The van der Waals surface area contributed by atoms with Gasteiger partial charge in [0.25, 0.3) is 0 Å². The molecule has 1 aromatic carbocycles. The molecule has 1 aliphatic heterocycles. The van der Waals surface area contributed by atoms with E-state index >= 15 is 0 Å². The lowest BCUT2D eigenvalue weighted by Crippen LogP contribution is -2.49. The van der Waals surface area contributed by atoms with Gasteiger partial charge in [0.15, 0.2) is 0 Å². The molecule has 3 aliphatic carbocycles. The molecule has 106 valence electrons. The molecule has 1 heterocycles. The highest BCUT2D eigenvalue weighted by molar-refractivity contribution is 5.37. The second kappa shape index (κ2) is 3.86. The van der Waals surface area contributed by atoms with Crippen LogP contribution < -0.4 is 5.32 Å². The number of rotatable bonds is 1. The van der Waals surface area contributed by atoms with Crippen molar-refractivity contribution in [3.8, 4) is 0 Å². The van der Waals surface area contributed by atoms with Gasteiger partial charge in [0.2, 0.25) is 0 Å². The molecule has 6 unspecified atom stereocenters. The van der Waals surface area contributed by atoms with Crippen molar-refractivity contribution < 1.29 is 5.11 Å². The summed E-state index contributed by atoms with van der Waals surface area (Å²) >= 11 is 0. The average Bonchev–Trinajstić information content (AvgIpc) is 3.18. The van der Waals surface area contributed by atoms with E-state index in [0.717, 1.165) is 30.7 Å². The predicted octanol–water partition coefficient (Wildman–Crippen LogP) is 3.02. The first-order chi connectivity index (χ1) is 9.77. The molecule has 0 spiro atoms. The zero-order valence-corrected chi connectivity index (χ0v) is 11.9. The van der Waals surface area contributed by atoms with E-state index in [9.17, 15) is 5.11 Å². The predicted molar refractivity (Wildman–Crippen MR) is 78.0 cm³/mol. The molecule has 2 bridgehead atoms. The van der Waals surface area contributed by atoms with Crippen LogP contribution in [0.25, 0.3) is 0 Å². The Labute approximate surface area is 120 Å². The van der Waals surface area contributed by atoms with Crippen LogP contribution in [0.15, 0.2) is 24.3 Å². The molecular weight excluding hydrogens is 246 g/mol. The SMILES string of the molecule is OC1(C2NCc3ccccc32)CC2CC1C1CCCC21. The Morgan fingerprint density at radius 1 is 1.15 bits per heavy atom. The lowest BCUT2D eigenvalue weighted by atomic mass is 9.69. The minimum atomic E-state index is -0.483. The van der Waals surface area contributed by atoms with Crippen LogP contribution in [-0.2, 0) is 6.54 Å². The van der Waals surface area contributed by atoms with E-state index in [-0.39, 0.29) is 6.04 Å². The van der Waals surface area contributed by atoms with E-state index in [1.165, 1.54) is 36.8 Å². The first kappa shape index (κ1) is 11.8. The van der Waals surface area contributed by atoms with Crippen LogP contribution in [0.2, 0.25) is 0 Å². The number of nitrogens with one attached hydrogen (secondary N) is 1. The van der Waals surface area contributed by atoms with Crippen LogP contribution in [0.4, 0.5) is 0 Å². The number of aliphatic hydroxyl groups is 1. The standard InChI is InChI=1S/C18H23NO/c20-18(17-14-5-2-1-4-11(14)10-19-17)9-12-8-16(18)15-7-3-6-13(12)15/h1-2,4-5,12-13,15-17,19-20H,3,6-10H2. The summed E-state index contributed by atoms with van der Waals surface area (Å²) in [5.41, 5.74) is 2.26. The van der Waals surface area contributed by atoms with Crippen molar-refractivity contribution in [2.45, 2.75) is 50.3 Å². The fourth-order valence-corrected chi connectivity index (χ4v) is 6.24.